The molecule has 10 heteroatoms. The van der Waals surface area contributed by atoms with Gasteiger partial charge in [0.25, 0.3) is 5.95 Å². The van der Waals surface area contributed by atoms with Crippen molar-refractivity contribution in [3.05, 3.63) is 29.5 Å². The number of nitrogens with two attached hydrogens (primary N) is 1. The van der Waals surface area contributed by atoms with Gasteiger partial charge in [-0.3, -0.25) is 5.43 Å². The first-order valence-corrected chi connectivity index (χ1v) is 7.27. The van der Waals surface area contributed by atoms with Crippen molar-refractivity contribution < 1.29 is 0 Å². The van der Waals surface area contributed by atoms with Crippen LogP contribution in [0.5, 0.6) is 0 Å². The van der Waals surface area contributed by atoms with Crippen LogP contribution in [0.3, 0.4) is 0 Å². The first kappa shape index (κ1) is 13.0. The SMILES string of the molecule is Cc1csc(Sc2nc(NN)nc(-n3cccn3)n2)n1. The Bertz CT molecular complexity index is 708. The summed E-state index contributed by atoms with van der Waals surface area (Å²) in [4.78, 5) is 17.1. The molecule has 3 rings (SSSR count). The Morgan fingerprint density at radius 3 is 2.85 bits per heavy atom. The molecule has 3 N–H and O–H groups in total. The molecule has 0 aliphatic rings. The molecule has 8 nitrogen and oxygen atoms in total. The van der Waals surface area contributed by atoms with Crippen LogP contribution in [0, 0.1) is 6.92 Å². The van der Waals surface area contributed by atoms with E-state index in [0.29, 0.717) is 11.1 Å². The number of aromatic nitrogens is 6. The predicted molar refractivity (Wildman–Crippen MR) is 75.7 cm³/mol. The van der Waals surface area contributed by atoms with E-state index < -0.39 is 0 Å². The van der Waals surface area contributed by atoms with Gasteiger partial charge in [0.05, 0.1) is 0 Å². The van der Waals surface area contributed by atoms with E-state index in [1.807, 2.05) is 12.3 Å². The molecule has 0 aromatic carbocycles. The van der Waals surface area contributed by atoms with Crippen LogP contribution in [0.25, 0.3) is 5.95 Å². The fraction of sp³-hybridized carbons (Fsp3) is 0.100. The Balaban J connectivity index is 1.96. The zero-order valence-corrected chi connectivity index (χ0v) is 12.0. The maximum absolute atomic E-state index is 5.38. The zero-order chi connectivity index (χ0) is 13.9. The van der Waals surface area contributed by atoms with Gasteiger partial charge in [0.15, 0.2) is 4.34 Å². The van der Waals surface area contributed by atoms with E-state index in [1.54, 1.807) is 23.1 Å². The first-order valence-electron chi connectivity index (χ1n) is 5.57. The second kappa shape index (κ2) is 5.53. The molecule has 0 unspecified atom stereocenters. The Labute approximate surface area is 122 Å². The summed E-state index contributed by atoms with van der Waals surface area (Å²) in [6.07, 6.45) is 3.40. The fourth-order valence-electron chi connectivity index (χ4n) is 1.40. The van der Waals surface area contributed by atoms with E-state index in [0.717, 1.165) is 10.0 Å². The fourth-order valence-corrected chi connectivity index (χ4v) is 3.09. The van der Waals surface area contributed by atoms with E-state index in [-0.39, 0.29) is 5.95 Å². The topological polar surface area (TPSA) is 107 Å². The van der Waals surface area contributed by atoms with Crippen molar-refractivity contribution in [1.29, 1.82) is 0 Å². The maximum atomic E-state index is 5.38. The van der Waals surface area contributed by atoms with Gasteiger partial charge in [-0.15, -0.1) is 11.3 Å². The highest BCUT2D eigenvalue weighted by Gasteiger charge is 2.11. The molecule has 0 atom stereocenters. The standard InChI is InChI=1S/C10H10N8S2/c1-6-5-19-10(13-6)20-9-15-7(17-11)14-8(16-9)18-4-2-3-12-18/h2-5H,11H2,1H3,(H,14,15,16,17). The number of nitrogen functional groups attached to an aromatic ring is 1. The van der Waals surface area contributed by atoms with Crippen LogP contribution in [-0.2, 0) is 0 Å². The molecule has 0 saturated heterocycles. The molecule has 0 amide bonds. The van der Waals surface area contributed by atoms with Crippen molar-refractivity contribution in [1.82, 2.24) is 29.7 Å². The van der Waals surface area contributed by atoms with Crippen molar-refractivity contribution in [2.45, 2.75) is 16.4 Å². The molecule has 3 aromatic rings. The smallest absolute Gasteiger partial charge is 0.256 e. The van der Waals surface area contributed by atoms with Crippen molar-refractivity contribution in [2.75, 3.05) is 5.43 Å². The minimum absolute atomic E-state index is 0.279. The second-order valence-electron chi connectivity index (χ2n) is 3.69. The highest BCUT2D eigenvalue weighted by Crippen LogP contribution is 2.28. The highest BCUT2D eigenvalue weighted by atomic mass is 32.2. The van der Waals surface area contributed by atoms with Crippen LogP contribution in [0.2, 0.25) is 0 Å². The third-order valence-electron chi connectivity index (χ3n) is 2.22. The lowest BCUT2D eigenvalue weighted by Crippen LogP contribution is -2.14. The molecular weight excluding hydrogens is 296 g/mol. The van der Waals surface area contributed by atoms with Gasteiger partial charge < -0.3 is 0 Å². The lowest BCUT2D eigenvalue weighted by atomic mass is 10.6. The average Bonchev–Trinajstić information content (AvgIpc) is 3.10. The highest BCUT2D eigenvalue weighted by molar-refractivity contribution is 8.00. The number of hydrogen-bond acceptors (Lipinski definition) is 9. The molecule has 0 aliphatic heterocycles. The lowest BCUT2D eigenvalue weighted by molar-refractivity contribution is 0.760. The summed E-state index contributed by atoms with van der Waals surface area (Å²) in [7, 11) is 0. The Morgan fingerprint density at radius 2 is 2.20 bits per heavy atom. The van der Waals surface area contributed by atoms with Crippen LogP contribution in [0.4, 0.5) is 5.95 Å². The summed E-state index contributed by atoms with van der Waals surface area (Å²) in [6.45, 7) is 1.94. The van der Waals surface area contributed by atoms with Gasteiger partial charge in [-0.2, -0.15) is 20.1 Å². The molecule has 102 valence electrons. The van der Waals surface area contributed by atoms with Gasteiger partial charge in [0, 0.05) is 23.5 Å². The van der Waals surface area contributed by atoms with E-state index in [4.69, 9.17) is 5.84 Å². The molecule has 0 saturated carbocycles. The van der Waals surface area contributed by atoms with Gasteiger partial charge in [-0.1, -0.05) is 0 Å². The third kappa shape index (κ3) is 2.76. The number of thiazole rings is 1. The molecule has 0 spiro atoms. The number of aryl methyl sites for hydroxylation is 1. The van der Waals surface area contributed by atoms with Gasteiger partial charge >= 0.3 is 0 Å². The predicted octanol–water partition coefficient (Wildman–Crippen LogP) is 1.26. The minimum atomic E-state index is 0.279. The molecule has 0 fully saturated rings. The van der Waals surface area contributed by atoms with Crippen LogP contribution < -0.4 is 11.3 Å². The molecular formula is C10H10N8S2. The van der Waals surface area contributed by atoms with Gasteiger partial charge in [-0.05, 0) is 24.8 Å². The van der Waals surface area contributed by atoms with Crippen molar-refractivity contribution >= 4 is 29.0 Å². The monoisotopic (exact) mass is 306 g/mol. The van der Waals surface area contributed by atoms with Crippen LogP contribution in [0.15, 0.2) is 33.3 Å². The van der Waals surface area contributed by atoms with Gasteiger partial charge in [-0.25, -0.2) is 15.5 Å². The molecule has 3 heterocycles. The normalized spacial score (nSPS) is 10.7. The van der Waals surface area contributed by atoms with Crippen LogP contribution in [0.1, 0.15) is 5.69 Å². The zero-order valence-electron chi connectivity index (χ0n) is 10.4. The quantitative estimate of drug-likeness (QED) is 0.548. The van der Waals surface area contributed by atoms with E-state index in [1.165, 1.54) is 23.1 Å². The average molecular weight is 306 g/mol. The lowest BCUT2D eigenvalue weighted by Gasteiger charge is -2.04. The van der Waals surface area contributed by atoms with E-state index in [2.05, 4.69) is 30.5 Å². The first-order chi connectivity index (χ1) is 9.74. The number of hydrazine groups is 1. The van der Waals surface area contributed by atoms with E-state index in [9.17, 15) is 0 Å². The molecule has 0 aliphatic carbocycles. The summed E-state index contributed by atoms with van der Waals surface area (Å²) in [6, 6.07) is 1.79. The molecule has 0 radical (unpaired) electrons. The summed E-state index contributed by atoms with van der Waals surface area (Å²) >= 11 is 2.90. The molecule has 3 aromatic heterocycles. The number of anilines is 1. The summed E-state index contributed by atoms with van der Waals surface area (Å²) in [5.74, 6) is 6.06. The second-order valence-corrected chi connectivity index (χ2v) is 5.77. The molecule has 0 bridgehead atoms. The van der Waals surface area contributed by atoms with Crippen molar-refractivity contribution in [3.8, 4) is 5.95 Å². The van der Waals surface area contributed by atoms with Gasteiger partial charge in [0.2, 0.25) is 11.1 Å². The van der Waals surface area contributed by atoms with Crippen LogP contribution in [-0.4, -0.2) is 29.7 Å². The summed E-state index contributed by atoms with van der Waals surface area (Å²) in [5, 5.41) is 6.57. The number of nitrogens with one attached hydrogen (secondary N) is 1. The number of hydrogen-bond donors (Lipinski definition) is 2. The summed E-state index contributed by atoms with van der Waals surface area (Å²) < 4.78 is 2.41. The summed E-state index contributed by atoms with van der Waals surface area (Å²) in [5.41, 5.74) is 3.40. The number of rotatable bonds is 4. The molecule has 20 heavy (non-hydrogen) atoms. The third-order valence-corrected chi connectivity index (χ3v) is 4.14. The largest absolute Gasteiger partial charge is 0.292 e. The van der Waals surface area contributed by atoms with E-state index >= 15 is 0 Å². The van der Waals surface area contributed by atoms with Gasteiger partial charge in [0.1, 0.15) is 0 Å². The minimum Gasteiger partial charge on any atom is -0.292 e. The van der Waals surface area contributed by atoms with Crippen molar-refractivity contribution in [3.63, 3.8) is 0 Å². The Morgan fingerprint density at radius 1 is 1.30 bits per heavy atom. The maximum Gasteiger partial charge on any atom is 0.256 e. The Hall–Kier alpha value is -2.04. The van der Waals surface area contributed by atoms with Crippen LogP contribution >= 0.6 is 23.1 Å². The number of nitrogens with zero attached hydrogens (tertiary/aromatic N) is 6. The van der Waals surface area contributed by atoms with Crippen molar-refractivity contribution in [2.24, 2.45) is 5.84 Å². The Kier molecular flexibility index (Phi) is 3.58.